The van der Waals surface area contributed by atoms with Gasteiger partial charge in [-0.05, 0) is 24.3 Å². The Morgan fingerprint density at radius 1 is 1.14 bits per heavy atom. The predicted octanol–water partition coefficient (Wildman–Crippen LogP) is 3.82. The second-order valence-electron chi connectivity index (χ2n) is 5.33. The Hall–Kier alpha value is -2.62. The first-order chi connectivity index (χ1) is 10.1. The molecule has 3 aromatic rings. The number of aromatic amines is 1. The first-order valence-corrected chi connectivity index (χ1v) is 6.99. The standard InChI is InChI=1S/C17H17N3O/c1-11(2)17(21)18-13-7-5-6-12(10-13)16-19-14-8-3-4-9-15(14)20-16/h3-11H,1-2H3,(H,18,21)(H,19,20). The van der Waals surface area contributed by atoms with Crippen LogP contribution < -0.4 is 5.32 Å². The number of aromatic nitrogens is 2. The van der Waals surface area contributed by atoms with Crippen LogP contribution in [0, 0.1) is 5.92 Å². The second kappa shape index (κ2) is 5.40. The van der Waals surface area contributed by atoms with Crippen molar-refractivity contribution in [2.75, 3.05) is 5.32 Å². The molecule has 0 saturated carbocycles. The highest BCUT2D eigenvalue weighted by Gasteiger charge is 2.09. The highest BCUT2D eigenvalue weighted by molar-refractivity contribution is 5.92. The molecule has 106 valence electrons. The lowest BCUT2D eigenvalue weighted by molar-refractivity contribution is -0.118. The van der Waals surface area contributed by atoms with Gasteiger partial charge in [0.15, 0.2) is 0 Å². The van der Waals surface area contributed by atoms with Gasteiger partial charge in [0.05, 0.1) is 11.0 Å². The summed E-state index contributed by atoms with van der Waals surface area (Å²) in [4.78, 5) is 19.6. The summed E-state index contributed by atoms with van der Waals surface area (Å²) in [6.07, 6.45) is 0. The fraction of sp³-hybridized carbons (Fsp3) is 0.176. The van der Waals surface area contributed by atoms with Crippen LogP contribution in [0.5, 0.6) is 0 Å². The highest BCUT2D eigenvalue weighted by Crippen LogP contribution is 2.23. The molecule has 0 aliphatic heterocycles. The Kier molecular flexibility index (Phi) is 3.44. The lowest BCUT2D eigenvalue weighted by Gasteiger charge is -2.08. The summed E-state index contributed by atoms with van der Waals surface area (Å²) in [6.45, 7) is 3.75. The van der Waals surface area contributed by atoms with Crippen molar-refractivity contribution in [3.8, 4) is 11.4 Å². The van der Waals surface area contributed by atoms with Gasteiger partial charge < -0.3 is 10.3 Å². The Morgan fingerprint density at radius 2 is 1.95 bits per heavy atom. The molecule has 0 saturated heterocycles. The van der Waals surface area contributed by atoms with Crippen molar-refractivity contribution in [2.45, 2.75) is 13.8 Å². The van der Waals surface area contributed by atoms with Gasteiger partial charge in [-0.1, -0.05) is 38.1 Å². The van der Waals surface area contributed by atoms with E-state index in [0.29, 0.717) is 0 Å². The van der Waals surface area contributed by atoms with Crippen LogP contribution in [0.15, 0.2) is 48.5 Å². The number of para-hydroxylation sites is 2. The molecular formula is C17H17N3O. The molecule has 2 N–H and O–H groups in total. The van der Waals surface area contributed by atoms with Crippen molar-refractivity contribution >= 4 is 22.6 Å². The number of imidazole rings is 1. The average Bonchev–Trinajstić information content (AvgIpc) is 2.91. The van der Waals surface area contributed by atoms with Crippen molar-refractivity contribution in [3.63, 3.8) is 0 Å². The van der Waals surface area contributed by atoms with E-state index in [4.69, 9.17) is 0 Å². The third-order valence-corrected chi connectivity index (χ3v) is 3.32. The molecule has 0 unspecified atom stereocenters. The number of amides is 1. The monoisotopic (exact) mass is 279 g/mol. The van der Waals surface area contributed by atoms with Crippen LogP contribution in [0.2, 0.25) is 0 Å². The number of nitrogens with one attached hydrogen (secondary N) is 2. The fourth-order valence-corrected chi connectivity index (χ4v) is 2.12. The van der Waals surface area contributed by atoms with E-state index in [-0.39, 0.29) is 11.8 Å². The molecule has 21 heavy (non-hydrogen) atoms. The van der Waals surface area contributed by atoms with E-state index in [2.05, 4.69) is 15.3 Å². The molecule has 1 amide bonds. The number of benzene rings is 2. The third-order valence-electron chi connectivity index (χ3n) is 3.32. The van der Waals surface area contributed by atoms with E-state index >= 15 is 0 Å². The van der Waals surface area contributed by atoms with E-state index < -0.39 is 0 Å². The molecule has 0 aliphatic carbocycles. The topological polar surface area (TPSA) is 57.8 Å². The minimum absolute atomic E-state index is 0.0109. The zero-order chi connectivity index (χ0) is 14.8. The van der Waals surface area contributed by atoms with Gasteiger partial charge in [-0.15, -0.1) is 0 Å². The molecular weight excluding hydrogens is 262 g/mol. The van der Waals surface area contributed by atoms with Crippen molar-refractivity contribution in [3.05, 3.63) is 48.5 Å². The molecule has 0 atom stereocenters. The minimum Gasteiger partial charge on any atom is -0.338 e. The zero-order valence-corrected chi connectivity index (χ0v) is 12.1. The maximum absolute atomic E-state index is 11.8. The average molecular weight is 279 g/mol. The Labute approximate surface area is 123 Å². The van der Waals surface area contributed by atoms with Gasteiger partial charge in [-0.3, -0.25) is 4.79 Å². The van der Waals surface area contributed by atoms with Crippen LogP contribution in [0.3, 0.4) is 0 Å². The number of fused-ring (bicyclic) bond motifs is 1. The summed E-state index contributed by atoms with van der Waals surface area (Å²) in [7, 11) is 0. The molecule has 0 radical (unpaired) electrons. The van der Waals surface area contributed by atoms with E-state index in [1.165, 1.54) is 0 Å². The number of nitrogens with zero attached hydrogens (tertiary/aromatic N) is 1. The third kappa shape index (κ3) is 2.79. The fourth-order valence-electron chi connectivity index (χ4n) is 2.12. The van der Waals surface area contributed by atoms with E-state index in [9.17, 15) is 4.79 Å². The van der Waals surface area contributed by atoms with Gasteiger partial charge in [0, 0.05) is 17.2 Å². The van der Waals surface area contributed by atoms with Crippen LogP contribution in [0.25, 0.3) is 22.4 Å². The van der Waals surface area contributed by atoms with Gasteiger partial charge in [0.25, 0.3) is 0 Å². The van der Waals surface area contributed by atoms with Gasteiger partial charge in [-0.25, -0.2) is 4.98 Å². The number of hydrogen-bond acceptors (Lipinski definition) is 2. The number of H-pyrrole nitrogens is 1. The Balaban J connectivity index is 1.93. The number of rotatable bonds is 3. The summed E-state index contributed by atoms with van der Waals surface area (Å²) < 4.78 is 0. The van der Waals surface area contributed by atoms with Gasteiger partial charge in [-0.2, -0.15) is 0 Å². The van der Waals surface area contributed by atoms with Crippen molar-refractivity contribution < 1.29 is 4.79 Å². The highest BCUT2D eigenvalue weighted by atomic mass is 16.1. The molecule has 2 aromatic carbocycles. The van der Waals surface area contributed by atoms with Crippen molar-refractivity contribution in [1.29, 1.82) is 0 Å². The Morgan fingerprint density at radius 3 is 2.71 bits per heavy atom. The van der Waals surface area contributed by atoms with E-state index in [1.54, 1.807) is 0 Å². The first-order valence-electron chi connectivity index (χ1n) is 6.99. The normalized spacial score (nSPS) is 11.0. The zero-order valence-electron chi connectivity index (χ0n) is 12.1. The summed E-state index contributed by atoms with van der Waals surface area (Å²) >= 11 is 0. The SMILES string of the molecule is CC(C)C(=O)Nc1cccc(-c2nc3ccccc3[nH]2)c1. The van der Waals surface area contributed by atoms with Crippen LogP contribution in [0.4, 0.5) is 5.69 Å². The molecule has 4 nitrogen and oxygen atoms in total. The summed E-state index contributed by atoms with van der Waals surface area (Å²) in [6, 6.07) is 15.6. The van der Waals surface area contributed by atoms with E-state index in [0.717, 1.165) is 28.1 Å². The number of anilines is 1. The quantitative estimate of drug-likeness (QED) is 0.765. The summed E-state index contributed by atoms with van der Waals surface area (Å²) in [5, 5.41) is 2.90. The van der Waals surface area contributed by atoms with Crippen molar-refractivity contribution in [2.24, 2.45) is 5.92 Å². The lowest BCUT2D eigenvalue weighted by atomic mass is 10.1. The molecule has 0 spiro atoms. The summed E-state index contributed by atoms with van der Waals surface area (Å²) in [5.74, 6) is 0.772. The molecule has 0 fully saturated rings. The molecule has 1 aromatic heterocycles. The number of hydrogen-bond donors (Lipinski definition) is 2. The predicted molar refractivity (Wildman–Crippen MR) is 85.0 cm³/mol. The van der Waals surface area contributed by atoms with Crippen LogP contribution in [-0.2, 0) is 4.79 Å². The maximum Gasteiger partial charge on any atom is 0.226 e. The summed E-state index contributed by atoms with van der Waals surface area (Å²) in [5.41, 5.74) is 3.67. The van der Waals surface area contributed by atoms with E-state index in [1.807, 2.05) is 62.4 Å². The number of carbonyl (C=O) groups is 1. The first kappa shape index (κ1) is 13.4. The maximum atomic E-state index is 11.8. The smallest absolute Gasteiger partial charge is 0.226 e. The molecule has 0 bridgehead atoms. The lowest BCUT2D eigenvalue weighted by Crippen LogP contribution is -2.17. The molecule has 1 heterocycles. The number of carbonyl (C=O) groups excluding carboxylic acids is 1. The van der Waals surface area contributed by atoms with Crippen LogP contribution >= 0.6 is 0 Å². The molecule has 0 aliphatic rings. The van der Waals surface area contributed by atoms with Crippen LogP contribution in [-0.4, -0.2) is 15.9 Å². The Bertz CT molecular complexity index is 756. The van der Waals surface area contributed by atoms with Gasteiger partial charge in [0.2, 0.25) is 5.91 Å². The van der Waals surface area contributed by atoms with Crippen LogP contribution in [0.1, 0.15) is 13.8 Å². The molecule has 4 heteroatoms. The largest absolute Gasteiger partial charge is 0.338 e. The van der Waals surface area contributed by atoms with Gasteiger partial charge >= 0.3 is 0 Å². The molecule has 3 rings (SSSR count). The second-order valence-corrected chi connectivity index (χ2v) is 5.33. The van der Waals surface area contributed by atoms with Gasteiger partial charge in [0.1, 0.15) is 5.82 Å². The minimum atomic E-state index is -0.0418. The van der Waals surface area contributed by atoms with Crippen molar-refractivity contribution in [1.82, 2.24) is 9.97 Å².